The van der Waals surface area contributed by atoms with Crippen molar-refractivity contribution in [3.05, 3.63) is 206 Å². The fourth-order valence-electron chi connectivity index (χ4n) is 9.23. The van der Waals surface area contributed by atoms with E-state index in [4.69, 9.17) is 33.7 Å². The van der Waals surface area contributed by atoms with Gasteiger partial charge in [0.25, 0.3) is 0 Å². The van der Waals surface area contributed by atoms with Crippen LogP contribution in [0.3, 0.4) is 0 Å². The fraction of sp³-hybridized carbons (Fsp3) is 0.0968. The molecule has 0 aliphatic carbocycles. The summed E-state index contributed by atoms with van der Waals surface area (Å²) in [5.74, 6) is 1.34. The SMILES string of the molecule is CC1(C)OB(c2ccc(-c3nc(-c4ccccc4)cc(-c4ccc(-c5cccc(-c6cc(-c7ccccc7)nc(-c7ccc(-c8ccc9c(oc%10ccccc%109)c8O)cc7)n6)c5)cc4)n3)cc2)OC1(C)C. The highest BCUT2D eigenvalue weighted by Gasteiger charge is 2.51. The van der Waals surface area contributed by atoms with E-state index < -0.39 is 18.3 Å². The van der Waals surface area contributed by atoms with Gasteiger partial charge in [-0.25, -0.2) is 19.9 Å². The molecule has 0 unspecified atom stereocenters. The van der Waals surface area contributed by atoms with Gasteiger partial charge in [-0.05, 0) is 86.2 Å². The van der Waals surface area contributed by atoms with Gasteiger partial charge < -0.3 is 18.8 Å². The first kappa shape index (κ1) is 43.8. The van der Waals surface area contributed by atoms with E-state index in [-0.39, 0.29) is 5.75 Å². The number of aromatic hydroxyl groups is 1. The van der Waals surface area contributed by atoms with Gasteiger partial charge in [-0.1, -0.05) is 170 Å². The molecule has 1 saturated heterocycles. The minimum atomic E-state index is -0.454. The minimum Gasteiger partial charge on any atom is -0.504 e. The van der Waals surface area contributed by atoms with Crippen LogP contribution in [0.1, 0.15) is 27.7 Å². The molecule has 0 amide bonds. The number of rotatable bonds is 9. The second-order valence-corrected chi connectivity index (χ2v) is 19.0. The van der Waals surface area contributed by atoms with Crippen LogP contribution >= 0.6 is 0 Å². The number of hydrogen-bond acceptors (Lipinski definition) is 8. The zero-order chi connectivity index (χ0) is 48.3. The highest BCUT2D eigenvalue weighted by Crippen LogP contribution is 2.42. The van der Waals surface area contributed by atoms with E-state index >= 15 is 0 Å². The summed E-state index contributed by atoms with van der Waals surface area (Å²) in [5, 5.41) is 13.3. The number of hydrogen-bond donors (Lipinski definition) is 1. The first-order valence-corrected chi connectivity index (χ1v) is 23.8. The normalized spacial score (nSPS) is 14.1. The van der Waals surface area contributed by atoms with Crippen molar-refractivity contribution in [3.8, 4) is 95.8 Å². The Labute approximate surface area is 412 Å². The Balaban J connectivity index is 0.851. The molecule has 342 valence electrons. The molecule has 0 bridgehead atoms. The Morgan fingerprint density at radius 3 is 1.42 bits per heavy atom. The monoisotopic (exact) mass is 922 g/mol. The maximum absolute atomic E-state index is 11.4. The lowest BCUT2D eigenvalue weighted by Gasteiger charge is -2.32. The summed E-state index contributed by atoms with van der Waals surface area (Å²) in [7, 11) is -0.454. The van der Waals surface area contributed by atoms with E-state index in [1.807, 2.05) is 121 Å². The van der Waals surface area contributed by atoms with Gasteiger partial charge in [0, 0.05) is 49.7 Å². The van der Waals surface area contributed by atoms with Crippen LogP contribution in [-0.4, -0.2) is 43.4 Å². The molecular formula is C62H47BN4O4. The molecular weight excluding hydrogens is 876 g/mol. The highest BCUT2D eigenvalue weighted by molar-refractivity contribution is 6.62. The van der Waals surface area contributed by atoms with E-state index in [2.05, 4.69) is 113 Å². The molecule has 11 aromatic rings. The Morgan fingerprint density at radius 2 is 0.831 bits per heavy atom. The van der Waals surface area contributed by atoms with Crippen LogP contribution in [-0.2, 0) is 9.31 Å². The van der Waals surface area contributed by atoms with Gasteiger partial charge in [-0.15, -0.1) is 0 Å². The van der Waals surface area contributed by atoms with Gasteiger partial charge in [-0.3, -0.25) is 0 Å². The molecule has 1 N–H and O–H groups in total. The van der Waals surface area contributed by atoms with Crippen LogP contribution in [0, 0.1) is 0 Å². The quantitative estimate of drug-likeness (QED) is 0.143. The van der Waals surface area contributed by atoms with Crippen molar-refractivity contribution in [2.75, 3.05) is 0 Å². The second kappa shape index (κ2) is 17.5. The van der Waals surface area contributed by atoms with E-state index in [1.165, 1.54) is 0 Å². The van der Waals surface area contributed by atoms with Crippen LogP contribution in [0.25, 0.3) is 112 Å². The summed E-state index contributed by atoms with van der Waals surface area (Å²) in [4.78, 5) is 20.5. The summed E-state index contributed by atoms with van der Waals surface area (Å²) in [6, 6.07) is 69.4. The minimum absolute atomic E-state index is 0.114. The van der Waals surface area contributed by atoms with Crippen molar-refractivity contribution in [2.45, 2.75) is 38.9 Å². The lowest BCUT2D eigenvalue weighted by molar-refractivity contribution is 0.00578. The van der Waals surface area contributed by atoms with Crippen LogP contribution in [0.15, 0.2) is 211 Å². The van der Waals surface area contributed by atoms with Gasteiger partial charge in [0.05, 0.1) is 34.0 Å². The summed E-state index contributed by atoms with van der Waals surface area (Å²) < 4.78 is 18.7. The number of phenols is 1. The van der Waals surface area contributed by atoms with Crippen LogP contribution in [0.2, 0.25) is 0 Å². The average Bonchev–Trinajstić information content (AvgIpc) is 3.91. The maximum atomic E-state index is 11.4. The zero-order valence-electron chi connectivity index (χ0n) is 39.7. The summed E-state index contributed by atoms with van der Waals surface area (Å²) in [6.45, 7) is 8.26. The first-order valence-electron chi connectivity index (χ1n) is 23.8. The average molecular weight is 923 g/mol. The third-order valence-electron chi connectivity index (χ3n) is 13.9. The van der Waals surface area contributed by atoms with Gasteiger partial charge in [0.2, 0.25) is 0 Å². The third-order valence-corrected chi connectivity index (χ3v) is 13.9. The second-order valence-electron chi connectivity index (χ2n) is 19.0. The number of aromatic nitrogens is 4. The summed E-state index contributed by atoms with van der Waals surface area (Å²) in [6.07, 6.45) is 0. The molecule has 8 nitrogen and oxygen atoms in total. The lowest BCUT2D eigenvalue weighted by atomic mass is 9.79. The zero-order valence-corrected chi connectivity index (χ0v) is 39.7. The largest absolute Gasteiger partial charge is 0.504 e. The maximum Gasteiger partial charge on any atom is 0.494 e. The summed E-state index contributed by atoms with van der Waals surface area (Å²) in [5.41, 5.74) is 13.9. The first-order chi connectivity index (χ1) is 34.5. The highest BCUT2D eigenvalue weighted by atomic mass is 16.7. The number of benzene rings is 8. The topological polar surface area (TPSA) is 103 Å². The fourth-order valence-corrected chi connectivity index (χ4v) is 9.23. The molecule has 71 heavy (non-hydrogen) atoms. The molecule has 1 aliphatic rings. The molecule has 8 aromatic carbocycles. The molecule has 12 rings (SSSR count). The van der Waals surface area contributed by atoms with Crippen molar-refractivity contribution < 1.29 is 18.8 Å². The van der Waals surface area contributed by atoms with E-state index in [1.54, 1.807) is 0 Å². The predicted octanol–water partition coefficient (Wildman–Crippen LogP) is 14.5. The summed E-state index contributed by atoms with van der Waals surface area (Å²) >= 11 is 0. The standard InChI is InChI=1S/C62H47BN4O4/c1-61(2)62(3,4)71-63(70-61)48-32-30-45(31-33-48)60-64-52(41-14-7-5-8-15-41)37-54(66-60)43-26-22-39(23-27-43)46-18-13-19-47(36-46)55-38-53(42-16-9-6-10-17-42)65-59(67-55)44-28-24-40(25-29-44)49-34-35-51-50-20-11-12-21-56(50)69-58(51)57(49)68/h5-38,68H,1-4H3. The number of phenolic OH excluding ortho intramolecular Hbond substituents is 1. The molecule has 0 atom stereocenters. The predicted molar refractivity (Wildman–Crippen MR) is 286 cm³/mol. The van der Waals surface area contributed by atoms with Crippen LogP contribution < -0.4 is 5.46 Å². The third kappa shape index (κ3) is 8.25. The van der Waals surface area contributed by atoms with Crippen molar-refractivity contribution in [2.24, 2.45) is 0 Å². The molecule has 0 radical (unpaired) electrons. The van der Waals surface area contributed by atoms with Crippen molar-refractivity contribution in [1.29, 1.82) is 0 Å². The van der Waals surface area contributed by atoms with Crippen LogP contribution in [0.5, 0.6) is 5.75 Å². The van der Waals surface area contributed by atoms with Crippen molar-refractivity contribution in [3.63, 3.8) is 0 Å². The van der Waals surface area contributed by atoms with E-state index in [0.29, 0.717) is 22.8 Å². The van der Waals surface area contributed by atoms with Crippen LogP contribution in [0.4, 0.5) is 0 Å². The number of para-hydroxylation sites is 1. The Kier molecular flexibility index (Phi) is 10.8. The number of furan rings is 1. The molecule has 4 heterocycles. The lowest BCUT2D eigenvalue weighted by Crippen LogP contribution is -2.41. The Hall–Kier alpha value is -8.50. The Morgan fingerprint density at radius 1 is 0.380 bits per heavy atom. The molecule has 9 heteroatoms. The molecule has 1 fully saturated rings. The van der Waals surface area contributed by atoms with Gasteiger partial charge in [0.15, 0.2) is 23.0 Å². The number of fused-ring (bicyclic) bond motifs is 3. The molecule has 0 spiro atoms. The number of nitrogens with zero attached hydrogens (tertiary/aromatic N) is 4. The smallest absolute Gasteiger partial charge is 0.494 e. The Bertz CT molecular complexity index is 3750. The van der Waals surface area contributed by atoms with E-state index in [9.17, 15) is 5.11 Å². The molecule has 0 saturated carbocycles. The van der Waals surface area contributed by atoms with Crippen molar-refractivity contribution >= 4 is 34.5 Å². The molecule has 1 aliphatic heterocycles. The van der Waals surface area contributed by atoms with Crippen molar-refractivity contribution in [1.82, 2.24) is 19.9 Å². The van der Waals surface area contributed by atoms with Gasteiger partial charge in [0.1, 0.15) is 5.58 Å². The van der Waals surface area contributed by atoms with Gasteiger partial charge in [-0.2, -0.15) is 0 Å². The van der Waals surface area contributed by atoms with Gasteiger partial charge >= 0.3 is 7.12 Å². The van der Waals surface area contributed by atoms with E-state index in [0.717, 1.165) is 94.7 Å². The molecule has 3 aromatic heterocycles.